The summed E-state index contributed by atoms with van der Waals surface area (Å²) in [6.07, 6.45) is -2.89. The second-order valence-corrected chi connectivity index (χ2v) is 7.07. The minimum atomic E-state index is -4.39. The SMILES string of the molecule is CCOC(=O)[C@H](Cc1ccc(OC/C=C(/C)C#Cc2cccc(C(F)(F)F)c2)cc1)OCC. The molecule has 7 heteroatoms. The van der Waals surface area contributed by atoms with Crippen LogP contribution in [0.5, 0.6) is 5.75 Å². The summed E-state index contributed by atoms with van der Waals surface area (Å²) >= 11 is 0. The fourth-order valence-corrected chi connectivity index (χ4v) is 2.84. The number of ether oxygens (including phenoxy) is 3. The average Bonchev–Trinajstić information content (AvgIpc) is 2.78. The molecule has 1 atom stereocenters. The van der Waals surface area contributed by atoms with Gasteiger partial charge in [0.15, 0.2) is 6.10 Å². The van der Waals surface area contributed by atoms with Gasteiger partial charge in [-0.2, -0.15) is 13.2 Å². The van der Waals surface area contributed by atoms with E-state index in [2.05, 4.69) is 11.8 Å². The number of carbonyl (C=O) groups is 1. The van der Waals surface area contributed by atoms with E-state index in [1.54, 1.807) is 32.1 Å². The first-order valence-corrected chi connectivity index (χ1v) is 10.6. The quantitative estimate of drug-likeness (QED) is 0.361. The van der Waals surface area contributed by atoms with Crippen LogP contribution in [0.2, 0.25) is 0 Å². The van der Waals surface area contributed by atoms with Gasteiger partial charge in [0.25, 0.3) is 0 Å². The Kier molecular flexibility index (Phi) is 10.0. The molecule has 2 rings (SSSR count). The van der Waals surface area contributed by atoms with Crippen molar-refractivity contribution in [3.63, 3.8) is 0 Å². The zero-order valence-corrected chi connectivity index (χ0v) is 18.9. The molecule has 0 spiro atoms. The van der Waals surface area contributed by atoms with Gasteiger partial charge in [-0.05, 0) is 68.3 Å². The van der Waals surface area contributed by atoms with Gasteiger partial charge in [0.2, 0.25) is 0 Å². The van der Waals surface area contributed by atoms with Crippen molar-refractivity contribution in [3.05, 3.63) is 76.9 Å². The van der Waals surface area contributed by atoms with Crippen molar-refractivity contribution in [1.82, 2.24) is 0 Å². The summed E-state index contributed by atoms with van der Waals surface area (Å²) in [5, 5.41) is 0. The Labute approximate surface area is 192 Å². The number of benzene rings is 2. The summed E-state index contributed by atoms with van der Waals surface area (Å²) in [6, 6.07) is 12.2. The Morgan fingerprint density at radius 2 is 1.82 bits per heavy atom. The zero-order valence-electron chi connectivity index (χ0n) is 18.9. The van der Waals surface area contributed by atoms with Gasteiger partial charge in [-0.25, -0.2) is 4.79 Å². The largest absolute Gasteiger partial charge is 0.490 e. The molecular weight excluding hydrogens is 433 g/mol. The maximum absolute atomic E-state index is 12.8. The molecule has 0 amide bonds. The molecule has 0 aliphatic carbocycles. The first kappa shape index (κ1) is 26.0. The minimum Gasteiger partial charge on any atom is -0.490 e. The van der Waals surface area contributed by atoms with E-state index in [0.29, 0.717) is 36.5 Å². The normalized spacial score (nSPS) is 12.5. The highest BCUT2D eigenvalue weighted by molar-refractivity contribution is 5.75. The third kappa shape index (κ3) is 9.03. The number of hydrogen-bond donors (Lipinski definition) is 0. The van der Waals surface area contributed by atoms with Crippen LogP contribution in [-0.2, 0) is 26.9 Å². The molecule has 176 valence electrons. The second kappa shape index (κ2) is 12.7. The Balaban J connectivity index is 1.91. The third-order valence-electron chi connectivity index (χ3n) is 4.50. The van der Waals surface area contributed by atoms with E-state index in [9.17, 15) is 18.0 Å². The summed E-state index contributed by atoms with van der Waals surface area (Å²) in [6.45, 7) is 6.30. The smallest absolute Gasteiger partial charge is 0.416 e. The van der Waals surface area contributed by atoms with E-state index in [1.807, 2.05) is 19.1 Å². The molecule has 2 aromatic rings. The van der Waals surface area contributed by atoms with Gasteiger partial charge >= 0.3 is 12.1 Å². The van der Waals surface area contributed by atoms with Crippen LogP contribution in [0.15, 0.2) is 60.2 Å². The highest BCUT2D eigenvalue weighted by Crippen LogP contribution is 2.29. The maximum Gasteiger partial charge on any atom is 0.416 e. The molecule has 0 unspecified atom stereocenters. The predicted molar refractivity (Wildman–Crippen MR) is 120 cm³/mol. The van der Waals surface area contributed by atoms with Crippen LogP contribution in [0.4, 0.5) is 13.2 Å². The highest BCUT2D eigenvalue weighted by Gasteiger charge is 2.30. The fraction of sp³-hybridized carbons (Fsp3) is 0.346. The molecule has 2 aromatic carbocycles. The van der Waals surface area contributed by atoms with Crippen LogP contribution in [0.3, 0.4) is 0 Å². The van der Waals surface area contributed by atoms with Gasteiger partial charge in [-0.1, -0.05) is 30.0 Å². The lowest BCUT2D eigenvalue weighted by atomic mass is 10.1. The van der Waals surface area contributed by atoms with E-state index in [4.69, 9.17) is 14.2 Å². The number of alkyl halides is 3. The molecule has 4 nitrogen and oxygen atoms in total. The Morgan fingerprint density at radius 1 is 1.09 bits per heavy atom. The molecule has 0 saturated heterocycles. The van der Waals surface area contributed by atoms with Crippen molar-refractivity contribution in [2.45, 2.75) is 39.5 Å². The topological polar surface area (TPSA) is 44.8 Å². The van der Waals surface area contributed by atoms with Crippen molar-refractivity contribution in [2.24, 2.45) is 0 Å². The number of hydrogen-bond acceptors (Lipinski definition) is 4. The van der Waals surface area contributed by atoms with Crippen LogP contribution in [0.25, 0.3) is 0 Å². The lowest BCUT2D eigenvalue weighted by molar-refractivity contribution is -0.156. The standard InChI is InChI=1S/C26H27F3O4/c1-4-31-24(25(30)32-5-2)18-21-11-13-23(14-12-21)33-16-15-19(3)9-10-20-7-6-8-22(17-20)26(27,28)29/h6-8,11-15,17,24H,4-5,16,18H2,1-3H3/b19-15-/t24-/m0/s1. The van der Waals surface area contributed by atoms with Gasteiger partial charge in [0, 0.05) is 18.6 Å². The van der Waals surface area contributed by atoms with Crippen molar-refractivity contribution >= 4 is 5.97 Å². The minimum absolute atomic E-state index is 0.257. The van der Waals surface area contributed by atoms with E-state index >= 15 is 0 Å². The van der Waals surface area contributed by atoms with Gasteiger partial charge < -0.3 is 14.2 Å². The van der Waals surface area contributed by atoms with Crippen LogP contribution in [0.1, 0.15) is 37.5 Å². The molecule has 0 aromatic heterocycles. The predicted octanol–water partition coefficient (Wildman–Crippen LogP) is 5.59. The van der Waals surface area contributed by atoms with E-state index < -0.39 is 17.8 Å². The Hall–Kier alpha value is -3.24. The lowest BCUT2D eigenvalue weighted by Crippen LogP contribution is -2.28. The van der Waals surface area contributed by atoms with E-state index in [0.717, 1.165) is 17.7 Å². The van der Waals surface area contributed by atoms with Gasteiger partial charge in [-0.3, -0.25) is 0 Å². The van der Waals surface area contributed by atoms with Crippen LogP contribution >= 0.6 is 0 Å². The molecule has 0 fully saturated rings. The van der Waals surface area contributed by atoms with E-state index in [-0.39, 0.29) is 12.6 Å². The van der Waals surface area contributed by atoms with Gasteiger partial charge in [0.05, 0.1) is 12.2 Å². The lowest BCUT2D eigenvalue weighted by Gasteiger charge is -2.15. The van der Waals surface area contributed by atoms with Crippen molar-refractivity contribution < 1.29 is 32.2 Å². The molecule has 33 heavy (non-hydrogen) atoms. The highest BCUT2D eigenvalue weighted by atomic mass is 19.4. The molecule has 0 radical (unpaired) electrons. The van der Waals surface area contributed by atoms with Crippen LogP contribution in [-0.4, -0.2) is 31.9 Å². The van der Waals surface area contributed by atoms with Crippen molar-refractivity contribution in [3.8, 4) is 17.6 Å². The summed E-state index contributed by atoms with van der Waals surface area (Å²) in [5.74, 6) is 5.82. The first-order chi connectivity index (χ1) is 15.7. The molecule has 0 N–H and O–H groups in total. The summed E-state index contributed by atoms with van der Waals surface area (Å²) in [7, 11) is 0. The zero-order chi connectivity index (χ0) is 24.3. The van der Waals surface area contributed by atoms with Crippen LogP contribution < -0.4 is 4.74 Å². The molecule has 0 aliphatic heterocycles. The Morgan fingerprint density at radius 3 is 2.45 bits per heavy atom. The van der Waals surface area contributed by atoms with Crippen molar-refractivity contribution in [1.29, 1.82) is 0 Å². The van der Waals surface area contributed by atoms with Gasteiger partial charge in [-0.15, -0.1) is 0 Å². The number of esters is 1. The summed E-state index contributed by atoms with van der Waals surface area (Å²) in [5.41, 5.74) is 1.16. The molecular formula is C26H27F3O4. The number of carbonyl (C=O) groups excluding carboxylic acids is 1. The molecule has 0 heterocycles. The average molecular weight is 460 g/mol. The summed E-state index contributed by atoms with van der Waals surface area (Å²) < 4.78 is 54.5. The molecule has 0 saturated carbocycles. The number of allylic oxidation sites excluding steroid dienone is 1. The number of halogens is 3. The van der Waals surface area contributed by atoms with E-state index in [1.165, 1.54) is 12.1 Å². The molecule has 0 aliphatic rings. The fourth-order valence-electron chi connectivity index (χ4n) is 2.84. The molecule has 0 bridgehead atoms. The second-order valence-electron chi connectivity index (χ2n) is 7.07. The summed E-state index contributed by atoms with van der Waals surface area (Å²) in [4.78, 5) is 12.0. The van der Waals surface area contributed by atoms with Gasteiger partial charge in [0.1, 0.15) is 12.4 Å². The maximum atomic E-state index is 12.8. The monoisotopic (exact) mass is 460 g/mol. The number of rotatable bonds is 9. The third-order valence-corrected chi connectivity index (χ3v) is 4.50. The van der Waals surface area contributed by atoms with Crippen LogP contribution in [0, 0.1) is 11.8 Å². The Bertz CT molecular complexity index is 999. The van der Waals surface area contributed by atoms with Crippen molar-refractivity contribution in [2.75, 3.05) is 19.8 Å². The first-order valence-electron chi connectivity index (χ1n) is 10.6.